The third-order valence-electron chi connectivity index (χ3n) is 7.06. The highest BCUT2D eigenvalue weighted by Gasteiger charge is 2.43. The first-order valence-electron chi connectivity index (χ1n) is 13.1. The predicted octanol–water partition coefficient (Wildman–Crippen LogP) is 4.12. The monoisotopic (exact) mass is 541 g/mol. The Bertz CT molecular complexity index is 1220. The molecular weight excluding hydrogens is 506 g/mol. The summed E-state index contributed by atoms with van der Waals surface area (Å²) in [6.45, 7) is 6.97. The van der Waals surface area contributed by atoms with Crippen molar-refractivity contribution in [1.29, 1.82) is 0 Å². The lowest BCUT2D eigenvalue weighted by Crippen LogP contribution is -2.54. The zero-order valence-corrected chi connectivity index (χ0v) is 22.4. The Hall–Kier alpha value is -3.53. The second kappa shape index (κ2) is 11.7. The van der Waals surface area contributed by atoms with Crippen LogP contribution in [0.15, 0.2) is 36.4 Å². The molecule has 2 atom stereocenters. The second-order valence-corrected chi connectivity index (χ2v) is 11.3. The van der Waals surface area contributed by atoms with E-state index in [1.165, 1.54) is 17.4 Å². The molecule has 0 spiro atoms. The number of hydrogen-bond donors (Lipinski definition) is 3. The Morgan fingerprint density at radius 2 is 1.79 bits per heavy atom. The van der Waals surface area contributed by atoms with Crippen LogP contribution in [0.3, 0.4) is 0 Å². The molecule has 2 aliphatic heterocycles. The van der Waals surface area contributed by atoms with Crippen molar-refractivity contribution >= 4 is 29.1 Å². The number of fused-ring (bicyclic) bond motifs is 1. The van der Waals surface area contributed by atoms with Crippen LogP contribution in [0, 0.1) is 29.4 Å². The molecule has 0 aromatic heterocycles. The fraction of sp³-hybridized carbons (Fsp3) is 0.448. The van der Waals surface area contributed by atoms with Gasteiger partial charge in [0.05, 0.1) is 6.42 Å². The maximum Gasteiger partial charge on any atom is 0.252 e. The molecule has 4 rings (SSSR count). The molecule has 209 valence electrons. The van der Waals surface area contributed by atoms with Crippen LogP contribution in [0.25, 0.3) is 0 Å². The molecule has 10 heteroatoms. The normalized spacial score (nSPS) is 18.4. The van der Waals surface area contributed by atoms with Gasteiger partial charge in [0.15, 0.2) is 0 Å². The number of rotatable bonds is 7. The largest absolute Gasteiger partial charge is 0.399 e. The number of carbonyl (C=O) groups is 3. The molecule has 39 heavy (non-hydrogen) atoms. The summed E-state index contributed by atoms with van der Waals surface area (Å²) in [5, 5.41) is 5.21. The first-order valence-corrected chi connectivity index (χ1v) is 13.1. The van der Waals surface area contributed by atoms with Crippen molar-refractivity contribution in [2.24, 2.45) is 11.3 Å². The Labute approximate surface area is 227 Å². The van der Waals surface area contributed by atoms with Crippen LogP contribution in [-0.4, -0.2) is 41.9 Å². The lowest BCUT2D eigenvalue weighted by molar-refractivity contribution is -0.143. The minimum atomic E-state index is -1.18. The quantitative estimate of drug-likeness (QED) is 0.457. The summed E-state index contributed by atoms with van der Waals surface area (Å²) in [4.78, 5) is 41.9. The van der Waals surface area contributed by atoms with E-state index in [1.54, 1.807) is 18.2 Å². The molecule has 0 aliphatic carbocycles. The number of hydrogen-bond acceptors (Lipinski definition) is 5. The predicted molar refractivity (Wildman–Crippen MR) is 143 cm³/mol. The summed E-state index contributed by atoms with van der Waals surface area (Å²) in [6.07, 6.45) is 3.16. The lowest BCUT2D eigenvalue weighted by Gasteiger charge is -2.35. The maximum atomic E-state index is 14.4. The number of nitrogen functional groups attached to an aromatic ring is 1. The van der Waals surface area contributed by atoms with Crippen LogP contribution in [0.5, 0.6) is 0 Å². The van der Waals surface area contributed by atoms with E-state index in [2.05, 4.69) is 10.6 Å². The molecule has 2 aliphatic rings. The van der Waals surface area contributed by atoms with E-state index in [0.29, 0.717) is 49.3 Å². The van der Waals surface area contributed by atoms with Gasteiger partial charge in [0, 0.05) is 25.4 Å². The summed E-state index contributed by atoms with van der Waals surface area (Å²) in [5.74, 6) is -3.67. The molecule has 8 nitrogen and oxygen atoms in total. The van der Waals surface area contributed by atoms with E-state index in [9.17, 15) is 23.2 Å². The smallest absolute Gasteiger partial charge is 0.252 e. The Balaban J connectivity index is 1.64. The fourth-order valence-corrected chi connectivity index (χ4v) is 4.99. The molecule has 1 saturated heterocycles. The first kappa shape index (κ1) is 28.5. The van der Waals surface area contributed by atoms with Gasteiger partial charge in [-0.2, -0.15) is 0 Å². The molecule has 0 saturated carbocycles. The highest BCUT2D eigenvalue weighted by molar-refractivity contribution is 6.00. The third-order valence-corrected chi connectivity index (χ3v) is 7.06. The summed E-state index contributed by atoms with van der Waals surface area (Å²) >= 11 is 0. The zero-order chi connectivity index (χ0) is 28.3. The van der Waals surface area contributed by atoms with Crippen molar-refractivity contribution in [1.82, 2.24) is 10.2 Å². The lowest BCUT2D eigenvalue weighted by atomic mass is 9.88. The molecule has 2 heterocycles. The van der Waals surface area contributed by atoms with E-state index in [0.717, 1.165) is 12.1 Å². The molecule has 1 radical (unpaired) electrons. The number of para-hydroxylation sites is 1. The first-order chi connectivity index (χ1) is 18.4. The van der Waals surface area contributed by atoms with Gasteiger partial charge in [-0.05, 0) is 66.0 Å². The van der Waals surface area contributed by atoms with Gasteiger partial charge in [-0.1, -0.05) is 32.9 Å². The van der Waals surface area contributed by atoms with Gasteiger partial charge in [-0.25, -0.2) is 8.78 Å². The van der Waals surface area contributed by atoms with Crippen molar-refractivity contribution in [3.05, 3.63) is 65.6 Å². The number of ether oxygens (including phenoxy) is 1. The molecule has 0 bridgehead atoms. The summed E-state index contributed by atoms with van der Waals surface area (Å²) < 4.78 is 34.2. The average Bonchev–Trinajstić information content (AvgIpc) is 3.26. The van der Waals surface area contributed by atoms with E-state index in [-0.39, 0.29) is 23.8 Å². The van der Waals surface area contributed by atoms with Gasteiger partial charge in [0.2, 0.25) is 11.8 Å². The van der Waals surface area contributed by atoms with Crippen LogP contribution in [0.4, 0.5) is 20.2 Å². The van der Waals surface area contributed by atoms with Gasteiger partial charge in [0.25, 0.3) is 5.91 Å². The van der Waals surface area contributed by atoms with Crippen molar-refractivity contribution < 1.29 is 27.9 Å². The topological polar surface area (TPSA) is 114 Å². The molecule has 3 amide bonds. The molecule has 1 fully saturated rings. The Morgan fingerprint density at radius 3 is 2.44 bits per heavy atom. The number of nitrogens with one attached hydrogen (secondary N) is 2. The number of nitrogens with zero attached hydrogens (tertiary/aromatic N) is 1. The van der Waals surface area contributed by atoms with E-state index >= 15 is 0 Å². The third kappa shape index (κ3) is 6.73. The van der Waals surface area contributed by atoms with E-state index in [4.69, 9.17) is 10.5 Å². The summed E-state index contributed by atoms with van der Waals surface area (Å²) in [7, 11) is 0. The number of anilines is 2. The standard InChI is InChI=1S/C29H35F2N4O4/c1-29(2,3)12-9-23(36)33-24(17-10-13-39-14-11-17)28(38)35-16-18-15-19(32)7-8-20(18)26(35)27(37)34-25-21(30)5-4-6-22(25)31/h4-9,15,17,24,26H,10-14,16,32H2,1-3H3,(H,33,36)(H,34,37)/t24-,26+/m0/s1. The number of carbonyl (C=O) groups excluding carboxylic acids is 3. The SMILES string of the molecule is CC(C)(C)C[CH]C(=O)N[C@H](C(=O)N1Cc2cc(N)ccc2[C@@H]1C(=O)Nc1c(F)cccc1F)C1CCOCC1. The number of amides is 3. The minimum Gasteiger partial charge on any atom is -0.399 e. The van der Waals surface area contributed by atoms with Crippen molar-refractivity contribution in [3.63, 3.8) is 0 Å². The number of nitrogens with two attached hydrogens (primary N) is 1. The number of halogens is 2. The van der Waals surface area contributed by atoms with Gasteiger partial charge in [-0.15, -0.1) is 0 Å². The van der Waals surface area contributed by atoms with Crippen LogP contribution in [0.1, 0.15) is 57.2 Å². The molecule has 2 aromatic rings. The average molecular weight is 542 g/mol. The van der Waals surface area contributed by atoms with Gasteiger partial charge in [-0.3, -0.25) is 14.4 Å². The van der Waals surface area contributed by atoms with Crippen LogP contribution < -0.4 is 16.4 Å². The van der Waals surface area contributed by atoms with Crippen LogP contribution in [0.2, 0.25) is 0 Å². The van der Waals surface area contributed by atoms with E-state index in [1.807, 2.05) is 20.8 Å². The molecule has 0 unspecified atom stereocenters. The van der Waals surface area contributed by atoms with Gasteiger partial charge in [0.1, 0.15) is 29.4 Å². The molecule has 4 N–H and O–H groups in total. The minimum absolute atomic E-state index is 0.0539. The van der Waals surface area contributed by atoms with Gasteiger partial charge >= 0.3 is 0 Å². The highest BCUT2D eigenvalue weighted by Crippen LogP contribution is 2.38. The number of benzene rings is 2. The fourth-order valence-electron chi connectivity index (χ4n) is 4.99. The summed E-state index contributed by atoms with van der Waals surface area (Å²) in [6, 6.07) is 6.10. The van der Waals surface area contributed by atoms with Gasteiger partial charge < -0.3 is 26.0 Å². The van der Waals surface area contributed by atoms with Crippen molar-refractivity contribution in [3.8, 4) is 0 Å². The highest BCUT2D eigenvalue weighted by atomic mass is 19.1. The van der Waals surface area contributed by atoms with Crippen LogP contribution in [-0.2, 0) is 25.7 Å². The Morgan fingerprint density at radius 1 is 1.13 bits per heavy atom. The van der Waals surface area contributed by atoms with Crippen molar-refractivity contribution in [2.75, 3.05) is 24.3 Å². The van der Waals surface area contributed by atoms with Crippen molar-refractivity contribution in [2.45, 2.75) is 58.7 Å². The maximum absolute atomic E-state index is 14.4. The summed E-state index contributed by atoms with van der Waals surface area (Å²) in [5.41, 5.74) is 6.87. The molecule has 2 aromatic carbocycles. The Kier molecular flexibility index (Phi) is 8.54. The van der Waals surface area contributed by atoms with Crippen LogP contribution >= 0.6 is 0 Å². The van der Waals surface area contributed by atoms with E-state index < -0.39 is 41.2 Å². The second-order valence-electron chi connectivity index (χ2n) is 11.3. The zero-order valence-electron chi connectivity index (χ0n) is 22.4. The molecular formula is C29H35F2N4O4.